The molecule has 3 aromatic carbocycles. The molecule has 1 amide bonds. The highest BCUT2D eigenvalue weighted by molar-refractivity contribution is 7.92. The van der Waals surface area contributed by atoms with Gasteiger partial charge in [-0.3, -0.25) is 9.10 Å². The molecule has 6 nitrogen and oxygen atoms in total. The molecule has 1 aliphatic heterocycles. The molecule has 178 valence electrons. The standard InChI is InChI=1S/C25H25F2N3O3S/c1-29(2)16-17-6-3-8-20(14-17)34(32,33)30-13-5-7-18-11-12-19(15-23(18)30)25(31)28-24-21(26)9-4-10-22(24)27/h3-4,6,8-12,14-15H,5,7,13,16H2,1-2H3,(H,28,31). The van der Waals surface area contributed by atoms with Crippen LogP contribution in [0.1, 0.15) is 27.9 Å². The van der Waals surface area contributed by atoms with E-state index < -0.39 is 33.3 Å². The number of benzene rings is 3. The highest BCUT2D eigenvalue weighted by atomic mass is 32.2. The van der Waals surface area contributed by atoms with Gasteiger partial charge in [-0.25, -0.2) is 17.2 Å². The lowest BCUT2D eigenvalue weighted by Gasteiger charge is -2.31. The summed E-state index contributed by atoms with van der Waals surface area (Å²) in [5.74, 6) is -2.52. The molecule has 0 atom stereocenters. The average molecular weight is 486 g/mol. The van der Waals surface area contributed by atoms with E-state index in [1.54, 1.807) is 24.3 Å². The van der Waals surface area contributed by atoms with E-state index in [1.165, 1.54) is 22.5 Å². The van der Waals surface area contributed by atoms with Gasteiger partial charge in [-0.05, 0) is 74.5 Å². The first-order valence-electron chi connectivity index (χ1n) is 10.8. The normalized spacial score (nSPS) is 13.6. The molecule has 0 saturated carbocycles. The van der Waals surface area contributed by atoms with Crippen molar-refractivity contribution in [3.63, 3.8) is 0 Å². The third-order valence-corrected chi connectivity index (χ3v) is 7.42. The van der Waals surface area contributed by atoms with E-state index in [0.29, 0.717) is 25.1 Å². The number of amides is 1. The lowest BCUT2D eigenvalue weighted by atomic mass is 10.0. The summed E-state index contributed by atoms with van der Waals surface area (Å²) in [5, 5.41) is 2.25. The van der Waals surface area contributed by atoms with Crippen molar-refractivity contribution in [2.45, 2.75) is 24.3 Å². The molecule has 1 heterocycles. The predicted octanol–water partition coefficient (Wildman–Crippen LogP) is 4.42. The SMILES string of the molecule is CN(C)Cc1cccc(S(=O)(=O)N2CCCc3ccc(C(=O)Nc4c(F)cccc4F)cc32)c1. The lowest BCUT2D eigenvalue weighted by Crippen LogP contribution is -2.35. The van der Waals surface area contributed by atoms with Crippen LogP contribution in [0, 0.1) is 11.6 Å². The van der Waals surface area contributed by atoms with Gasteiger partial charge in [0.1, 0.15) is 17.3 Å². The Kier molecular flexibility index (Phi) is 6.67. The maximum Gasteiger partial charge on any atom is 0.264 e. The summed E-state index contributed by atoms with van der Waals surface area (Å²) >= 11 is 0. The van der Waals surface area contributed by atoms with E-state index in [0.717, 1.165) is 23.3 Å². The summed E-state index contributed by atoms with van der Waals surface area (Å²) in [6.07, 6.45) is 1.29. The number of hydrogen-bond acceptors (Lipinski definition) is 4. The third-order valence-electron chi connectivity index (χ3n) is 5.61. The molecule has 0 fully saturated rings. The van der Waals surface area contributed by atoms with Crippen molar-refractivity contribution in [3.8, 4) is 0 Å². The first-order valence-corrected chi connectivity index (χ1v) is 12.3. The fourth-order valence-corrected chi connectivity index (χ4v) is 5.64. The number of halogens is 2. The summed E-state index contributed by atoms with van der Waals surface area (Å²) in [6, 6.07) is 14.8. The van der Waals surface area contributed by atoms with Gasteiger partial charge in [0.05, 0.1) is 10.6 Å². The number of anilines is 2. The van der Waals surface area contributed by atoms with Crippen LogP contribution in [0.3, 0.4) is 0 Å². The molecule has 1 N–H and O–H groups in total. The van der Waals surface area contributed by atoms with Crippen LogP contribution in [0.15, 0.2) is 65.6 Å². The Morgan fingerprint density at radius 2 is 1.74 bits per heavy atom. The van der Waals surface area contributed by atoms with E-state index in [-0.39, 0.29) is 17.0 Å². The quantitative estimate of drug-likeness (QED) is 0.561. The number of nitrogens with zero attached hydrogens (tertiary/aromatic N) is 2. The molecular weight excluding hydrogens is 460 g/mol. The van der Waals surface area contributed by atoms with Crippen LogP contribution in [0.2, 0.25) is 0 Å². The van der Waals surface area contributed by atoms with E-state index in [1.807, 2.05) is 25.1 Å². The molecule has 0 aliphatic carbocycles. The minimum atomic E-state index is -3.89. The molecule has 0 spiro atoms. The van der Waals surface area contributed by atoms with Crippen molar-refractivity contribution in [2.75, 3.05) is 30.3 Å². The largest absolute Gasteiger partial charge is 0.317 e. The van der Waals surface area contributed by atoms with Crippen LogP contribution >= 0.6 is 0 Å². The second-order valence-corrected chi connectivity index (χ2v) is 10.3. The molecular formula is C25H25F2N3O3S. The highest BCUT2D eigenvalue weighted by Crippen LogP contribution is 2.33. The summed E-state index contributed by atoms with van der Waals surface area (Å²) in [5.41, 5.74) is 1.60. The molecule has 0 saturated heterocycles. The molecule has 0 radical (unpaired) electrons. The van der Waals surface area contributed by atoms with Crippen LogP contribution < -0.4 is 9.62 Å². The number of rotatable bonds is 6. The van der Waals surface area contributed by atoms with Gasteiger partial charge in [0.2, 0.25) is 0 Å². The maximum absolute atomic E-state index is 14.0. The Morgan fingerprint density at radius 1 is 1.03 bits per heavy atom. The number of sulfonamides is 1. The van der Waals surface area contributed by atoms with E-state index in [4.69, 9.17) is 0 Å². The Balaban J connectivity index is 1.68. The van der Waals surface area contributed by atoms with E-state index in [9.17, 15) is 22.0 Å². The van der Waals surface area contributed by atoms with Crippen molar-refractivity contribution < 1.29 is 22.0 Å². The van der Waals surface area contributed by atoms with Crippen LogP contribution in [-0.2, 0) is 23.0 Å². The molecule has 3 aromatic rings. The van der Waals surface area contributed by atoms with E-state index >= 15 is 0 Å². The van der Waals surface area contributed by atoms with Gasteiger partial charge in [0.15, 0.2) is 0 Å². The zero-order chi connectivity index (χ0) is 24.5. The van der Waals surface area contributed by atoms with E-state index in [2.05, 4.69) is 5.32 Å². The Labute approximate surface area is 197 Å². The molecule has 34 heavy (non-hydrogen) atoms. The average Bonchev–Trinajstić information content (AvgIpc) is 2.80. The Bertz CT molecular complexity index is 1320. The highest BCUT2D eigenvalue weighted by Gasteiger charge is 2.30. The zero-order valence-electron chi connectivity index (χ0n) is 18.9. The van der Waals surface area contributed by atoms with Gasteiger partial charge >= 0.3 is 0 Å². The number of para-hydroxylation sites is 1. The second-order valence-electron chi connectivity index (χ2n) is 8.46. The molecule has 9 heteroatoms. The van der Waals surface area contributed by atoms with Gasteiger partial charge < -0.3 is 10.2 Å². The van der Waals surface area contributed by atoms with Crippen LogP contribution in [0.4, 0.5) is 20.2 Å². The maximum atomic E-state index is 14.0. The van der Waals surface area contributed by atoms with Gasteiger partial charge in [0, 0.05) is 18.7 Å². The minimum Gasteiger partial charge on any atom is -0.317 e. The molecule has 0 bridgehead atoms. The molecule has 0 unspecified atom stereocenters. The fraction of sp³-hybridized carbons (Fsp3) is 0.240. The summed E-state index contributed by atoms with van der Waals surface area (Å²) in [4.78, 5) is 14.9. The monoisotopic (exact) mass is 485 g/mol. The number of nitrogens with one attached hydrogen (secondary N) is 1. The summed E-state index contributed by atoms with van der Waals surface area (Å²) in [7, 11) is -0.0763. The number of hydrogen-bond donors (Lipinski definition) is 1. The predicted molar refractivity (Wildman–Crippen MR) is 127 cm³/mol. The molecule has 4 rings (SSSR count). The Morgan fingerprint density at radius 3 is 2.44 bits per heavy atom. The molecule has 0 aromatic heterocycles. The second kappa shape index (κ2) is 9.52. The number of aryl methyl sites for hydroxylation is 1. The number of carbonyl (C=O) groups excluding carboxylic acids is 1. The Hall–Kier alpha value is -3.30. The number of fused-ring (bicyclic) bond motifs is 1. The lowest BCUT2D eigenvalue weighted by molar-refractivity contribution is 0.102. The summed E-state index contributed by atoms with van der Waals surface area (Å²) < 4.78 is 56.4. The van der Waals surface area contributed by atoms with Crippen molar-refractivity contribution in [2.24, 2.45) is 0 Å². The van der Waals surface area contributed by atoms with Crippen molar-refractivity contribution in [1.29, 1.82) is 0 Å². The van der Waals surface area contributed by atoms with Crippen LogP contribution in [-0.4, -0.2) is 39.9 Å². The first kappa shape index (κ1) is 23.8. The summed E-state index contributed by atoms with van der Waals surface area (Å²) in [6.45, 7) is 0.858. The third kappa shape index (κ3) is 4.80. The number of carbonyl (C=O) groups is 1. The first-order chi connectivity index (χ1) is 16.2. The van der Waals surface area contributed by atoms with Gasteiger partial charge in [-0.15, -0.1) is 0 Å². The van der Waals surface area contributed by atoms with Crippen molar-refractivity contribution in [3.05, 3.63) is 89.0 Å². The van der Waals surface area contributed by atoms with Gasteiger partial charge in [-0.2, -0.15) is 0 Å². The van der Waals surface area contributed by atoms with Crippen molar-refractivity contribution >= 4 is 27.3 Å². The van der Waals surface area contributed by atoms with Gasteiger partial charge in [0.25, 0.3) is 15.9 Å². The smallest absolute Gasteiger partial charge is 0.264 e. The molecule has 1 aliphatic rings. The topological polar surface area (TPSA) is 69.7 Å². The van der Waals surface area contributed by atoms with Crippen LogP contribution in [0.25, 0.3) is 0 Å². The van der Waals surface area contributed by atoms with Crippen LogP contribution in [0.5, 0.6) is 0 Å². The minimum absolute atomic E-state index is 0.102. The van der Waals surface area contributed by atoms with Crippen molar-refractivity contribution in [1.82, 2.24) is 4.90 Å². The van der Waals surface area contributed by atoms with Gasteiger partial charge in [-0.1, -0.05) is 24.3 Å². The fourth-order valence-electron chi connectivity index (χ4n) is 4.03. The zero-order valence-corrected chi connectivity index (χ0v) is 19.7.